The molecule has 8 atom stereocenters. The number of Topliss-reactive ketones (excluding diaryl/α,β-unsaturated/α-hetero) is 1. The zero-order chi connectivity index (χ0) is 26.7. The highest BCUT2D eigenvalue weighted by molar-refractivity contribution is 6.04. The summed E-state index contributed by atoms with van der Waals surface area (Å²) in [4.78, 5) is 38.1. The highest BCUT2D eigenvalue weighted by atomic mass is 19.1. The fourth-order valence-corrected chi connectivity index (χ4v) is 8.33. The highest BCUT2D eigenvalue weighted by Gasteiger charge is 2.77. The maximum absolute atomic E-state index is 17.3. The molecule has 8 heteroatoms. The Kier molecular flexibility index (Phi) is 6.85. The number of carbonyl (C=O) groups is 3. The molecular weight excluding hydrogens is 473 g/mol. The van der Waals surface area contributed by atoms with Crippen molar-refractivity contribution in [2.75, 3.05) is 6.67 Å². The van der Waals surface area contributed by atoms with E-state index in [1.165, 1.54) is 13.0 Å². The van der Waals surface area contributed by atoms with Crippen molar-refractivity contribution in [2.45, 2.75) is 96.4 Å². The fourth-order valence-electron chi connectivity index (χ4n) is 8.33. The van der Waals surface area contributed by atoms with Gasteiger partial charge in [0, 0.05) is 29.1 Å². The summed E-state index contributed by atoms with van der Waals surface area (Å²) < 4.78 is 52.1. The van der Waals surface area contributed by atoms with Gasteiger partial charge in [-0.1, -0.05) is 39.7 Å². The molecule has 2 unspecified atom stereocenters. The monoisotopic (exact) mass is 510 g/mol. The third-order valence-electron chi connectivity index (χ3n) is 10.1. The number of ketones is 2. The van der Waals surface area contributed by atoms with Gasteiger partial charge in [0.2, 0.25) is 11.6 Å². The van der Waals surface area contributed by atoms with Crippen LogP contribution in [0.1, 0.15) is 79.1 Å². The number of fused-ring (bicyclic) bond motifs is 5. The number of ether oxygens (including phenoxy) is 1. The van der Waals surface area contributed by atoms with Gasteiger partial charge in [-0.05, 0) is 56.6 Å². The summed E-state index contributed by atoms with van der Waals surface area (Å²) in [5.41, 5.74) is -6.82. The molecule has 0 spiro atoms. The topological polar surface area (TPSA) is 80.7 Å². The van der Waals surface area contributed by atoms with E-state index >= 15 is 4.39 Å². The van der Waals surface area contributed by atoms with E-state index in [-0.39, 0.29) is 31.3 Å². The second-order valence-electron chi connectivity index (χ2n) is 11.7. The Hall–Kier alpha value is -1.96. The molecule has 200 valence electrons. The predicted molar refractivity (Wildman–Crippen MR) is 127 cm³/mol. The zero-order valence-electron chi connectivity index (χ0n) is 21.5. The van der Waals surface area contributed by atoms with Crippen molar-refractivity contribution in [1.29, 1.82) is 0 Å². The predicted octanol–water partition coefficient (Wildman–Crippen LogP) is 5.30. The standard InChI is InChI=1S/C28H37F3O5/c1-5-6-7-8-23(35)36-28(22(34)15-29)16(2)13-19-17-9-10-18-24(30)20(32)11-12-25(18,3)27(17,31)21(33)14-26(19,28)4/h11-12,16-17,19,21,33H,5-10,13-15H2,1-4H3/t16?,17-,19-,21?,25-,26-,27-,28-/m0/s1. The first-order valence-electron chi connectivity index (χ1n) is 13.2. The van der Waals surface area contributed by atoms with Crippen LogP contribution < -0.4 is 0 Å². The quantitative estimate of drug-likeness (QED) is 0.371. The highest BCUT2D eigenvalue weighted by Crippen LogP contribution is 2.71. The van der Waals surface area contributed by atoms with Crippen LogP contribution in [0.4, 0.5) is 13.2 Å². The average molecular weight is 511 g/mol. The Labute approximate surface area is 210 Å². The first kappa shape index (κ1) is 27.1. The summed E-state index contributed by atoms with van der Waals surface area (Å²) in [7, 11) is 0. The number of hydrogen-bond acceptors (Lipinski definition) is 5. The van der Waals surface area contributed by atoms with Crippen LogP contribution in [0.25, 0.3) is 0 Å². The normalized spacial score (nSPS) is 43.6. The molecule has 36 heavy (non-hydrogen) atoms. The van der Waals surface area contributed by atoms with E-state index in [1.807, 2.05) is 6.92 Å². The minimum absolute atomic E-state index is 0.0518. The molecule has 0 aliphatic heterocycles. The van der Waals surface area contributed by atoms with Crippen LogP contribution in [0.15, 0.2) is 23.6 Å². The first-order chi connectivity index (χ1) is 16.8. The van der Waals surface area contributed by atoms with Crippen LogP contribution in [0, 0.1) is 28.6 Å². The smallest absolute Gasteiger partial charge is 0.306 e. The maximum atomic E-state index is 17.3. The number of hydrogen-bond donors (Lipinski definition) is 1. The summed E-state index contributed by atoms with van der Waals surface area (Å²) in [5.74, 6) is -5.16. The van der Waals surface area contributed by atoms with Crippen LogP contribution in [-0.4, -0.2) is 46.7 Å². The Morgan fingerprint density at radius 3 is 2.56 bits per heavy atom. The van der Waals surface area contributed by atoms with Gasteiger partial charge >= 0.3 is 5.97 Å². The lowest BCUT2D eigenvalue weighted by Crippen LogP contribution is -2.70. The van der Waals surface area contributed by atoms with Gasteiger partial charge in [-0.2, -0.15) is 0 Å². The van der Waals surface area contributed by atoms with Crippen molar-refractivity contribution < 1.29 is 37.4 Å². The Bertz CT molecular complexity index is 1020. The Morgan fingerprint density at radius 2 is 1.92 bits per heavy atom. The number of alkyl halides is 2. The first-order valence-corrected chi connectivity index (χ1v) is 13.2. The summed E-state index contributed by atoms with van der Waals surface area (Å²) in [6.07, 6.45) is 3.43. The van der Waals surface area contributed by atoms with Gasteiger partial charge in [0.25, 0.3) is 0 Å². The summed E-state index contributed by atoms with van der Waals surface area (Å²) >= 11 is 0. The zero-order valence-corrected chi connectivity index (χ0v) is 21.5. The van der Waals surface area contributed by atoms with Crippen molar-refractivity contribution in [3.8, 4) is 0 Å². The van der Waals surface area contributed by atoms with E-state index in [0.29, 0.717) is 12.8 Å². The van der Waals surface area contributed by atoms with Crippen LogP contribution in [0.2, 0.25) is 0 Å². The third kappa shape index (κ3) is 3.35. The molecule has 0 saturated heterocycles. The number of allylic oxidation sites excluding steroid dienone is 4. The summed E-state index contributed by atoms with van der Waals surface area (Å²) in [6.45, 7) is 5.58. The van der Waals surface area contributed by atoms with Gasteiger partial charge in [0.15, 0.2) is 23.8 Å². The molecule has 5 nitrogen and oxygen atoms in total. The van der Waals surface area contributed by atoms with Gasteiger partial charge in [0.05, 0.1) is 6.10 Å². The minimum Gasteiger partial charge on any atom is -0.450 e. The maximum Gasteiger partial charge on any atom is 0.306 e. The number of halogens is 3. The minimum atomic E-state index is -2.31. The third-order valence-corrected chi connectivity index (χ3v) is 10.1. The largest absolute Gasteiger partial charge is 0.450 e. The van der Waals surface area contributed by atoms with Crippen molar-refractivity contribution in [3.05, 3.63) is 23.6 Å². The second kappa shape index (κ2) is 9.10. The molecule has 4 aliphatic carbocycles. The van der Waals surface area contributed by atoms with Gasteiger partial charge in [0.1, 0.15) is 0 Å². The Balaban J connectivity index is 1.78. The molecule has 4 rings (SSSR count). The van der Waals surface area contributed by atoms with Crippen molar-refractivity contribution in [3.63, 3.8) is 0 Å². The molecular formula is C28H37F3O5. The molecule has 1 N–H and O–H groups in total. The number of carbonyl (C=O) groups excluding carboxylic acids is 3. The molecule has 4 aliphatic rings. The number of esters is 1. The van der Waals surface area contributed by atoms with Crippen LogP contribution in [0.3, 0.4) is 0 Å². The van der Waals surface area contributed by atoms with Gasteiger partial charge in [-0.25, -0.2) is 13.2 Å². The number of unbranched alkanes of at least 4 members (excludes halogenated alkanes) is 2. The number of aliphatic hydroxyl groups excluding tert-OH is 1. The van der Waals surface area contributed by atoms with Gasteiger partial charge in [-0.15, -0.1) is 0 Å². The van der Waals surface area contributed by atoms with Gasteiger partial charge < -0.3 is 9.84 Å². The van der Waals surface area contributed by atoms with E-state index < -0.39 is 76.0 Å². The van der Waals surface area contributed by atoms with Crippen molar-refractivity contribution >= 4 is 17.5 Å². The van der Waals surface area contributed by atoms with E-state index in [0.717, 1.165) is 18.9 Å². The van der Waals surface area contributed by atoms with Crippen molar-refractivity contribution in [1.82, 2.24) is 0 Å². The molecule has 3 fully saturated rings. The second-order valence-corrected chi connectivity index (χ2v) is 11.7. The number of rotatable bonds is 7. The average Bonchev–Trinajstić information content (AvgIpc) is 3.04. The number of aliphatic hydroxyl groups is 1. The SMILES string of the molecule is CCCCCC(=O)O[C@]1(C(=O)CF)C(C)C[C@H]2[C@@H]3CCC4=C(F)C(=O)C=C[C@]4(C)[C@@]3(F)C(O)C[C@@]21C. The van der Waals surface area contributed by atoms with E-state index in [4.69, 9.17) is 4.74 Å². The lowest BCUT2D eigenvalue weighted by atomic mass is 9.44. The molecule has 0 aromatic rings. The van der Waals surface area contributed by atoms with Gasteiger partial charge in [-0.3, -0.25) is 14.4 Å². The fraction of sp³-hybridized carbons (Fsp3) is 0.750. The van der Waals surface area contributed by atoms with E-state index in [9.17, 15) is 28.3 Å². The molecule has 0 bridgehead atoms. The van der Waals surface area contributed by atoms with Crippen LogP contribution in [-0.2, 0) is 19.1 Å². The molecule has 0 aromatic carbocycles. The lowest BCUT2D eigenvalue weighted by Gasteiger charge is -2.62. The van der Waals surface area contributed by atoms with E-state index in [2.05, 4.69) is 0 Å². The Morgan fingerprint density at radius 1 is 1.22 bits per heavy atom. The molecule has 3 saturated carbocycles. The molecule has 0 amide bonds. The van der Waals surface area contributed by atoms with E-state index in [1.54, 1.807) is 13.8 Å². The molecule has 0 radical (unpaired) electrons. The molecule has 0 heterocycles. The summed E-state index contributed by atoms with van der Waals surface area (Å²) in [6, 6.07) is 0. The van der Waals surface area contributed by atoms with Crippen LogP contribution >= 0.6 is 0 Å². The summed E-state index contributed by atoms with van der Waals surface area (Å²) in [5, 5.41) is 11.4. The van der Waals surface area contributed by atoms with Crippen molar-refractivity contribution in [2.24, 2.45) is 28.6 Å². The molecule has 0 aromatic heterocycles. The lowest BCUT2D eigenvalue weighted by molar-refractivity contribution is -0.228. The van der Waals surface area contributed by atoms with Crippen LogP contribution in [0.5, 0.6) is 0 Å².